The van der Waals surface area contributed by atoms with E-state index < -0.39 is 6.23 Å². The van der Waals surface area contributed by atoms with Crippen LogP contribution < -0.4 is 0 Å². The lowest BCUT2D eigenvalue weighted by Crippen LogP contribution is -2.32. The second-order valence-electron chi connectivity index (χ2n) is 3.75. The minimum Gasteiger partial charge on any atom is -0.377 e. The molecule has 1 N–H and O–H groups in total. The molecule has 0 aromatic heterocycles. The molecule has 3 nitrogen and oxygen atoms in total. The quantitative estimate of drug-likeness (QED) is 0.663. The molecule has 0 spiro atoms. The topological polar surface area (TPSA) is 47.3 Å². The molecule has 3 atom stereocenters. The zero-order valence-electron chi connectivity index (χ0n) is 7.70. The predicted molar refractivity (Wildman–Crippen MR) is 46.1 cm³/mol. The van der Waals surface area contributed by atoms with E-state index in [9.17, 15) is 5.11 Å². The van der Waals surface area contributed by atoms with Crippen LogP contribution in [-0.2, 0) is 0 Å². The van der Waals surface area contributed by atoms with E-state index in [4.69, 9.17) is 5.26 Å². The van der Waals surface area contributed by atoms with Gasteiger partial charge in [-0.1, -0.05) is 13.8 Å². The Labute approximate surface area is 73.6 Å². The molecule has 1 fully saturated rings. The van der Waals surface area contributed by atoms with Crippen molar-refractivity contribution in [1.82, 2.24) is 4.90 Å². The van der Waals surface area contributed by atoms with Gasteiger partial charge < -0.3 is 5.11 Å². The van der Waals surface area contributed by atoms with Crippen molar-refractivity contribution in [2.75, 3.05) is 13.1 Å². The highest BCUT2D eigenvalue weighted by Crippen LogP contribution is 2.23. The lowest BCUT2D eigenvalue weighted by molar-refractivity contribution is 0.0211. The number of likely N-dealkylation sites (tertiary alicyclic amines) is 1. The summed E-state index contributed by atoms with van der Waals surface area (Å²) < 4.78 is 0. The lowest BCUT2D eigenvalue weighted by atomic mass is 10.0. The van der Waals surface area contributed by atoms with E-state index >= 15 is 0 Å². The van der Waals surface area contributed by atoms with Gasteiger partial charge >= 0.3 is 0 Å². The molecule has 0 aromatic rings. The van der Waals surface area contributed by atoms with Crippen molar-refractivity contribution in [2.45, 2.75) is 26.5 Å². The van der Waals surface area contributed by atoms with Gasteiger partial charge in [-0.15, -0.1) is 0 Å². The van der Waals surface area contributed by atoms with Gasteiger partial charge in [-0.3, -0.25) is 4.90 Å². The first kappa shape index (κ1) is 9.50. The molecule has 0 radical (unpaired) electrons. The molecule has 3 unspecified atom stereocenters. The Kier molecular flexibility index (Phi) is 3.07. The zero-order chi connectivity index (χ0) is 9.14. The van der Waals surface area contributed by atoms with E-state index in [0.29, 0.717) is 11.8 Å². The average molecular weight is 168 g/mol. The van der Waals surface area contributed by atoms with Crippen LogP contribution in [0.2, 0.25) is 0 Å². The first-order valence-corrected chi connectivity index (χ1v) is 4.44. The van der Waals surface area contributed by atoms with Crippen molar-refractivity contribution >= 4 is 0 Å². The number of nitrogens with zero attached hydrogens (tertiary/aromatic N) is 2. The van der Waals surface area contributed by atoms with Crippen molar-refractivity contribution in [1.29, 1.82) is 5.26 Å². The summed E-state index contributed by atoms with van der Waals surface area (Å²) >= 11 is 0. The Morgan fingerprint density at radius 2 is 2.00 bits per heavy atom. The number of nitriles is 1. The molecule has 12 heavy (non-hydrogen) atoms. The van der Waals surface area contributed by atoms with E-state index in [0.717, 1.165) is 13.1 Å². The number of aliphatic hydroxyl groups is 1. The molecule has 1 heterocycles. The van der Waals surface area contributed by atoms with Crippen LogP contribution >= 0.6 is 0 Å². The van der Waals surface area contributed by atoms with Crippen LogP contribution in [0.4, 0.5) is 0 Å². The summed E-state index contributed by atoms with van der Waals surface area (Å²) in [7, 11) is 0. The van der Waals surface area contributed by atoms with Crippen LogP contribution in [0, 0.1) is 23.2 Å². The molecule has 1 aliphatic rings. The monoisotopic (exact) mass is 168 g/mol. The second kappa shape index (κ2) is 3.88. The summed E-state index contributed by atoms with van der Waals surface area (Å²) in [5, 5.41) is 17.9. The third-order valence-corrected chi connectivity index (χ3v) is 2.71. The van der Waals surface area contributed by atoms with Gasteiger partial charge in [-0.05, 0) is 11.8 Å². The smallest absolute Gasteiger partial charge is 0.120 e. The summed E-state index contributed by atoms with van der Waals surface area (Å²) in [5.74, 6) is 1.27. The normalized spacial score (nSPS) is 33.2. The van der Waals surface area contributed by atoms with Gasteiger partial charge in [0.25, 0.3) is 0 Å². The molecule has 68 valence electrons. The van der Waals surface area contributed by atoms with Crippen molar-refractivity contribution in [3.8, 4) is 6.07 Å². The largest absolute Gasteiger partial charge is 0.377 e. The summed E-state index contributed by atoms with van der Waals surface area (Å²) in [6.07, 6.45) is -0.332. The maximum Gasteiger partial charge on any atom is 0.120 e. The van der Waals surface area contributed by atoms with E-state index in [1.165, 1.54) is 0 Å². The Morgan fingerprint density at radius 1 is 1.50 bits per heavy atom. The number of rotatable bonds is 2. The van der Waals surface area contributed by atoms with Crippen LogP contribution in [0.1, 0.15) is 20.3 Å². The number of aliphatic hydroxyl groups excluding tert-OH is 1. The van der Waals surface area contributed by atoms with E-state index in [2.05, 4.69) is 13.8 Å². The van der Waals surface area contributed by atoms with E-state index in [-0.39, 0.29) is 6.42 Å². The Balaban J connectivity index is 2.41. The van der Waals surface area contributed by atoms with E-state index in [1.807, 2.05) is 11.0 Å². The standard InChI is InChI=1S/C9H16N2O/c1-7-5-11(6-8(7)2)9(12)3-4-10/h7-9,12H,3,5-6H2,1-2H3. The summed E-state index contributed by atoms with van der Waals surface area (Å²) in [6, 6.07) is 1.98. The Hall–Kier alpha value is -0.590. The highest BCUT2D eigenvalue weighted by atomic mass is 16.3. The highest BCUT2D eigenvalue weighted by molar-refractivity contribution is 4.83. The van der Waals surface area contributed by atoms with E-state index in [1.54, 1.807) is 0 Å². The third-order valence-electron chi connectivity index (χ3n) is 2.71. The van der Waals surface area contributed by atoms with Crippen molar-refractivity contribution in [2.24, 2.45) is 11.8 Å². The molecule has 1 rings (SSSR count). The van der Waals surface area contributed by atoms with Gasteiger partial charge in [-0.25, -0.2) is 0 Å². The highest BCUT2D eigenvalue weighted by Gasteiger charge is 2.29. The summed E-state index contributed by atoms with van der Waals surface area (Å²) in [5.41, 5.74) is 0. The van der Waals surface area contributed by atoms with Gasteiger partial charge in [0.15, 0.2) is 0 Å². The van der Waals surface area contributed by atoms with Crippen LogP contribution in [0.3, 0.4) is 0 Å². The molecule has 0 amide bonds. The number of hydrogen-bond acceptors (Lipinski definition) is 3. The van der Waals surface area contributed by atoms with Crippen LogP contribution in [0.5, 0.6) is 0 Å². The van der Waals surface area contributed by atoms with Crippen molar-refractivity contribution < 1.29 is 5.11 Å². The molecular formula is C9H16N2O. The van der Waals surface area contributed by atoms with Gasteiger partial charge in [0, 0.05) is 13.1 Å². The molecule has 1 saturated heterocycles. The molecule has 3 heteroatoms. The number of hydrogen-bond donors (Lipinski definition) is 1. The second-order valence-corrected chi connectivity index (χ2v) is 3.75. The van der Waals surface area contributed by atoms with Gasteiger partial charge in [0.05, 0.1) is 12.5 Å². The first-order valence-electron chi connectivity index (χ1n) is 4.44. The Morgan fingerprint density at radius 3 is 2.42 bits per heavy atom. The van der Waals surface area contributed by atoms with Crippen molar-refractivity contribution in [3.63, 3.8) is 0 Å². The zero-order valence-corrected chi connectivity index (χ0v) is 7.70. The average Bonchev–Trinajstić information content (AvgIpc) is 2.33. The Bertz CT molecular complexity index is 177. The molecule has 1 aliphatic heterocycles. The minimum atomic E-state index is -0.553. The fraction of sp³-hybridized carbons (Fsp3) is 0.889. The van der Waals surface area contributed by atoms with Crippen LogP contribution in [-0.4, -0.2) is 29.3 Å². The maximum absolute atomic E-state index is 9.49. The predicted octanol–water partition coefficient (Wildman–Crippen LogP) is 0.806. The fourth-order valence-corrected chi connectivity index (χ4v) is 1.63. The molecular weight excluding hydrogens is 152 g/mol. The lowest BCUT2D eigenvalue weighted by Gasteiger charge is -2.20. The summed E-state index contributed by atoms with van der Waals surface area (Å²) in [6.45, 7) is 6.21. The molecule has 0 bridgehead atoms. The van der Waals surface area contributed by atoms with Crippen LogP contribution in [0.25, 0.3) is 0 Å². The van der Waals surface area contributed by atoms with Crippen LogP contribution in [0.15, 0.2) is 0 Å². The molecule has 0 aromatic carbocycles. The van der Waals surface area contributed by atoms with Gasteiger partial charge in [0.2, 0.25) is 0 Å². The van der Waals surface area contributed by atoms with Gasteiger partial charge in [-0.2, -0.15) is 5.26 Å². The van der Waals surface area contributed by atoms with Gasteiger partial charge in [0.1, 0.15) is 6.23 Å². The first-order chi connectivity index (χ1) is 5.65. The third kappa shape index (κ3) is 1.96. The minimum absolute atomic E-state index is 0.222. The maximum atomic E-state index is 9.49. The summed E-state index contributed by atoms with van der Waals surface area (Å²) in [4.78, 5) is 1.98. The fourth-order valence-electron chi connectivity index (χ4n) is 1.63. The molecule has 0 saturated carbocycles. The van der Waals surface area contributed by atoms with Crippen molar-refractivity contribution in [3.05, 3.63) is 0 Å². The SMILES string of the molecule is CC1CN(C(O)CC#N)CC1C. The molecule has 0 aliphatic carbocycles.